The van der Waals surface area contributed by atoms with Gasteiger partial charge in [0.15, 0.2) is 0 Å². The molecule has 6 nitrogen and oxygen atoms in total. The van der Waals surface area contributed by atoms with E-state index in [1.54, 1.807) is 11.1 Å². The summed E-state index contributed by atoms with van der Waals surface area (Å²) in [6.45, 7) is 0.732. The SMILES string of the molecule is O=C1C[C@H](c2ccnn2-c2ccccc2)c2ccc(N3CCCC3=O)cc2N1. The Hall–Kier alpha value is -3.41. The molecule has 2 aliphatic rings. The van der Waals surface area contributed by atoms with E-state index in [4.69, 9.17) is 0 Å². The molecule has 0 unspecified atom stereocenters. The number of anilines is 2. The quantitative estimate of drug-likeness (QED) is 0.765. The Labute approximate surface area is 162 Å². The third-order valence-corrected chi connectivity index (χ3v) is 5.49. The second-order valence-electron chi connectivity index (χ2n) is 7.23. The van der Waals surface area contributed by atoms with Crippen LogP contribution in [0.4, 0.5) is 11.4 Å². The van der Waals surface area contributed by atoms with Crippen LogP contribution in [0.25, 0.3) is 5.69 Å². The lowest BCUT2D eigenvalue weighted by Crippen LogP contribution is -2.27. The molecular formula is C22H20N4O2. The zero-order valence-corrected chi connectivity index (χ0v) is 15.3. The zero-order chi connectivity index (χ0) is 19.1. The molecular weight excluding hydrogens is 352 g/mol. The van der Waals surface area contributed by atoms with Gasteiger partial charge in [0.05, 0.1) is 11.4 Å². The fourth-order valence-electron chi connectivity index (χ4n) is 4.17. The molecule has 1 aromatic heterocycles. The van der Waals surface area contributed by atoms with Crippen LogP contribution in [0.2, 0.25) is 0 Å². The first kappa shape index (κ1) is 16.7. The molecule has 140 valence electrons. The monoisotopic (exact) mass is 372 g/mol. The molecule has 2 amide bonds. The summed E-state index contributed by atoms with van der Waals surface area (Å²) in [6.07, 6.45) is 3.60. The first-order chi connectivity index (χ1) is 13.7. The van der Waals surface area contributed by atoms with Gasteiger partial charge in [-0.05, 0) is 42.3 Å². The van der Waals surface area contributed by atoms with Crippen LogP contribution in [-0.2, 0) is 9.59 Å². The van der Waals surface area contributed by atoms with E-state index >= 15 is 0 Å². The average Bonchev–Trinajstić information content (AvgIpc) is 3.36. The number of nitrogens with zero attached hydrogens (tertiary/aromatic N) is 3. The standard InChI is InChI=1S/C22H20N4O2/c27-21-14-18(20-10-11-23-26(20)15-5-2-1-3-6-15)17-9-8-16(13-19(17)24-21)25-12-4-7-22(25)28/h1-3,5-6,8-11,13,18H,4,7,12,14H2,(H,24,27)/t18-/m0/s1. The van der Waals surface area contributed by atoms with Gasteiger partial charge in [0.25, 0.3) is 0 Å². The molecule has 0 spiro atoms. The van der Waals surface area contributed by atoms with E-state index in [0.29, 0.717) is 12.8 Å². The summed E-state index contributed by atoms with van der Waals surface area (Å²) in [6, 6.07) is 17.8. The second-order valence-corrected chi connectivity index (χ2v) is 7.23. The van der Waals surface area contributed by atoms with Crippen LogP contribution in [0.1, 0.15) is 36.4 Å². The van der Waals surface area contributed by atoms with Gasteiger partial charge in [0.2, 0.25) is 11.8 Å². The number of nitrogens with one attached hydrogen (secondary N) is 1. The van der Waals surface area contributed by atoms with Crippen LogP contribution >= 0.6 is 0 Å². The van der Waals surface area contributed by atoms with E-state index in [-0.39, 0.29) is 17.7 Å². The molecule has 0 aliphatic carbocycles. The lowest BCUT2D eigenvalue weighted by Gasteiger charge is -2.28. The Balaban J connectivity index is 1.56. The zero-order valence-electron chi connectivity index (χ0n) is 15.3. The van der Waals surface area contributed by atoms with Crippen LogP contribution in [-0.4, -0.2) is 28.1 Å². The molecule has 1 N–H and O–H groups in total. The summed E-state index contributed by atoms with van der Waals surface area (Å²) in [7, 11) is 0. The lowest BCUT2D eigenvalue weighted by atomic mass is 9.87. The van der Waals surface area contributed by atoms with Gasteiger partial charge >= 0.3 is 0 Å². The van der Waals surface area contributed by atoms with E-state index in [9.17, 15) is 9.59 Å². The summed E-state index contributed by atoms with van der Waals surface area (Å²) >= 11 is 0. The molecule has 6 heteroatoms. The molecule has 2 aromatic carbocycles. The summed E-state index contributed by atoms with van der Waals surface area (Å²) in [5, 5.41) is 7.47. The van der Waals surface area contributed by atoms with Crippen molar-refractivity contribution >= 4 is 23.2 Å². The normalized spacial score (nSPS) is 18.9. The van der Waals surface area contributed by atoms with Gasteiger partial charge in [-0.1, -0.05) is 24.3 Å². The molecule has 3 heterocycles. The Morgan fingerprint density at radius 1 is 1.00 bits per heavy atom. The highest BCUT2D eigenvalue weighted by Gasteiger charge is 2.30. The number of carbonyl (C=O) groups excluding carboxylic acids is 2. The molecule has 1 saturated heterocycles. The molecule has 1 atom stereocenters. The molecule has 0 saturated carbocycles. The summed E-state index contributed by atoms with van der Waals surface area (Å²) in [5.41, 5.74) is 4.62. The van der Waals surface area contributed by atoms with E-state index < -0.39 is 0 Å². The Morgan fingerprint density at radius 3 is 2.64 bits per heavy atom. The predicted octanol–water partition coefficient (Wildman–Crippen LogP) is 3.47. The van der Waals surface area contributed by atoms with Gasteiger partial charge in [0.1, 0.15) is 0 Å². The number of hydrogen-bond acceptors (Lipinski definition) is 3. The summed E-state index contributed by atoms with van der Waals surface area (Å²) in [5.74, 6) is 0.0267. The first-order valence-electron chi connectivity index (χ1n) is 9.54. The Morgan fingerprint density at radius 2 is 1.86 bits per heavy atom. The highest BCUT2D eigenvalue weighted by atomic mass is 16.2. The van der Waals surface area contributed by atoms with Gasteiger partial charge in [-0.3, -0.25) is 9.59 Å². The minimum Gasteiger partial charge on any atom is -0.326 e. The van der Waals surface area contributed by atoms with Gasteiger partial charge in [0, 0.05) is 42.9 Å². The lowest BCUT2D eigenvalue weighted by molar-refractivity contribution is -0.117. The first-order valence-corrected chi connectivity index (χ1v) is 9.54. The second kappa shape index (κ2) is 6.64. The van der Waals surface area contributed by atoms with Gasteiger partial charge in [-0.15, -0.1) is 0 Å². The maximum Gasteiger partial charge on any atom is 0.227 e. The average molecular weight is 372 g/mol. The number of rotatable bonds is 3. The van der Waals surface area contributed by atoms with Crippen molar-refractivity contribution in [3.8, 4) is 5.69 Å². The number of amides is 2. The van der Waals surface area contributed by atoms with E-state index in [1.165, 1.54) is 0 Å². The number of aromatic nitrogens is 2. The Bertz CT molecular complexity index is 1060. The fraction of sp³-hybridized carbons (Fsp3) is 0.227. The van der Waals surface area contributed by atoms with Gasteiger partial charge < -0.3 is 10.2 Å². The molecule has 28 heavy (non-hydrogen) atoms. The molecule has 3 aromatic rings. The fourth-order valence-corrected chi connectivity index (χ4v) is 4.17. The molecule has 5 rings (SSSR count). The molecule has 0 bridgehead atoms. The third-order valence-electron chi connectivity index (χ3n) is 5.49. The molecule has 1 fully saturated rings. The van der Waals surface area contributed by atoms with Crippen LogP contribution < -0.4 is 10.2 Å². The predicted molar refractivity (Wildman–Crippen MR) is 107 cm³/mol. The number of benzene rings is 2. The van der Waals surface area contributed by atoms with Crippen molar-refractivity contribution in [3.05, 3.63) is 72.1 Å². The molecule has 0 radical (unpaired) electrons. The topological polar surface area (TPSA) is 67.2 Å². The van der Waals surface area contributed by atoms with Crippen LogP contribution in [0.5, 0.6) is 0 Å². The van der Waals surface area contributed by atoms with Crippen molar-refractivity contribution in [3.63, 3.8) is 0 Å². The van der Waals surface area contributed by atoms with Crippen molar-refractivity contribution in [2.24, 2.45) is 0 Å². The maximum absolute atomic E-state index is 12.5. The van der Waals surface area contributed by atoms with Crippen molar-refractivity contribution in [2.45, 2.75) is 25.2 Å². The van der Waals surface area contributed by atoms with E-state index in [1.807, 2.05) is 59.3 Å². The number of carbonyl (C=O) groups is 2. The maximum atomic E-state index is 12.5. The highest BCUT2D eigenvalue weighted by molar-refractivity contribution is 5.99. The van der Waals surface area contributed by atoms with E-state index in [0.717, 1.165) is 41.3 Å². The third kappa shape index (κ3) is 2.78. The molecule has 2 aliphatic heterocycles. The van der Waals surface area contributed by atoms with E-state index in [2.05, 4.69) is 10.4 Å². The smallest absolute Gasteiger partial charge is 0.227 e. The van der Waals surface area contributed by atoms with Gasteiger partial charge in [-0.25, -0.2) is 4.68 Å². The van der Waals surface area contributed by atoms with Crippen molar-refractivity contribution < 1.29 is 9.59 Å². The van der Waals surface area contributed by atoms with Crippen LogP contribution in [0.15, 0.2) is 60.8 Å². The summed E-state index contributed by atoms with van der Waals surface area (Å²) in [4.78, 5) is 26.3. The number of fused-ring (bicyclic) bond motifs is 1. The highest BCUT2D eigenvalue weighted by Crippen LogP contribution is 2.40. The Kier molecular flexibility index (Phi) is 3.97. The number of hydrogen-bond donors (Lipinski definition) is 1. The van der Waals surface area contributed by atoms with Crippen molar-refractivity contribution in [1.29, 1.82) is 0 Å². The summed E-state index contributed by atoms with van der Waals surface area (Å²) < 4.78 is 1.89. The number of para-hydroxylation sites is 1. The van der Waals surface area contributed by atoms with Crippen LogP contribution in [0.3, 0.4) is 0 Å². The van der Waals surface area contributed by atoms with Crippen molar-refractivity contribution in [1.82, 2.24) is 9.78 Å². The van der Waals surface area contributed by atoms with Crippen LogP contribution in [0, 0.1) is 0 Å². The van der Waals surface area contributed by atoms with Gasteiger partial charge in [-0.2, -0.15) is 5.10 Å². The minimum atomic E-state index is -0.0882. The largest absolute Gasteiger partial charge is 0.326 e. The van der Waals surface area contributed by atoms with Crippen molar-refractivity contribution in [2.75, 3.05) is 16.8 Å². The minimum absolute atomic E-state index is 0.0248.